The first-order chi connectivity index (χ1) is 34.5. The second-order valence-corrected chi connectivity index (χ2v) is 24.3. The number of allylic oxidation sites excluding steroid dienone is 2. The van der Waals surface area contributed by atoms with Gasteiger partial charge in [-0.15, -0.1) is 0 Å². The second-order valence-electron chi connectivity index (χ2n) is 24.3. The van der Waals surface area contributed by atoms with Gasteiger partial charge in [-0.2, -0.15) is 0 Å². The normalized spacial score (nSPS) is 31.6. The van der Waals surface area contributed by atoms with Crippen molar-refractivity contribution in [2.45, 2.75) is 147 Å². The zero-order valence-electron chi connectivity index (χ0n) is 45.5. The maximum absolute atomic E-state index is 15.1. The molecule has 10 atom stereocenters. The Morgan fingerprint density at radius 2 is 1.49 bits per heavy atom. The number of esters is 2. The van der Waals surface area contributed by atoms with Crippen LogP contribution in [0.3, 0.4) is 0 Å². The SMILES string of the molecule is CCN(CC)c1ccc2c(-c3ccccc3C(=O)O[C@H]3CC[C@]4(C)[C@H]5CC=C6[C@@H]7[C@@H](C)[C@H](C)CC[C@]7(C(=O)OCc7ccccc7)CC[C@@]6(C)[C@]5(C)CC[C@H]4C3(C)C)c3ccc(=[N+](CC)CC)cc-3oc2c1. The van der Waals surface area contributed by atoms with Gasteiger partial charge in [0, 0.05) is 52.8 Å². The van der Waals surface area contributed by atoms with Gasteiger partial charge in [0.05, 0.1) is 17.0 Å². The summed E-state index contributed by atoms with van der Waals surface area (Å²) in [4.78, 5) is 32.1. The molecule has 0 N–H and O–H groups in total. The number of ether oxygens (including phenoxy) is 2. The van der Waals surface area contributed by atoms with Crippen LogP contribution in [0.25, 0.3) is 33.4 Å². The first-order valence-electron chi connectivity index (χ1n) is 28.0. The van der Waals surface area contributed by atoms with Gasteiger partial charge in [0.1, 0.15) is 37.1 Å². The van der Waals surface area contributed by atoms with Crippen molar-refractivity contribution < 1.29 is 23.5 Å². The third-order valence-electron chi connectivity index (χ3n) is 21.2. The predicted octanol–water partition coefficient (Wildman–Crippen LogP) is 14.8. The Morgan fingerprint density at radius 3 is 2.22 bits per heavy atom. The van der Waals surface area contributed by atoms with Gasteiger partial charge < -0.3 is 18.8 Å². The lowest BCUT2D eigenvalue weighted by atomic mass is 9.33. The molecule has 0 bridgehead atoms. The monoisotopic (exact) mass is 972 g/mol. The Kier molecular flexibility index (Phi) is 13.3. The van der Waals surface area contributed by atoms with Gasteiger partial charge in [-0.1, -0.05) is 109 Å². The van der Waals surface area contributed by atoms with E-state index >= 15 is 4.79 Å². The summed E-state index contributed by atoms with van der Waals surface area (Å²) in [6.07, 6.45) is 11.4. The largest absolute Gasteiger partial charge is 0.460 e. The minimum Gasteiger partial charge on any atom is -0.460 e. The lowest BCUT2D eigenvalue weighted by Gasteiger charge is -2.71. The third kappa shape index (κ3) is 7.82. The van der Waals surface area contributed by atoms with Gasteiger partial charge >= 0.3 is 11.9 Å². The van der Waals surface area contributed by atoms with Crippen LogP contribution in [0.2, 0.25) is 0 Å². The van der Waals surface area contributed by atoms with Crippen LogP contribution >= 0.6 is 0 Å². The lowest BCUT2D eigenvalue weighted by Crippen LogP contribution is -2.65. The zero-order chi connectivity index (χ0) is 51.0. The van der Waals surface area contributed by atoms with E-state index in [9.17, 15) is 4.79 Å². The molecule has 0 amide bonds. The highest BCUT2D eigenvalue weighted by molar-refractivity contribution is 6.08. The molecule has 0 aromatic heterocycles. The molecule has 382 valence electrons. The van der Waals surface area contributed by atoms with E-state index in [2.05, 4.69) is 146 Å². The molecule has 7 aliphatic rings. The summed E-state index contributed by atoms with van der Waals surface area (Å²) in [5.41, 5.74) is 7.37. The second kappa shape index (κ2) is 19.0. The fourth-order valence-electron chi connectivity index (χ4n) is 16.7. The highest BCUT2D eigenvalue weighted by atomic mass is 16.5. The molecule has 72 heavy (non-hydrogen) atoms. The van der Waals surface area contributed by atoms with Crippen molar-refractivity contribution in [1.29, 1.82) is 0 Å². The summed E-state index contributed by atoms with van der Waals surface area (Å²) in [5, 5.41) is 2.10. The van der Waals surface area contributed by atoms with E-state index in [1.165, 1.54) is 0 Å². The molecule has 7 heteroatoms. The summed E-state index contributed by atoms with van der Waals surface area (Å²) >= 11 is 0. The molecule has 7 nitrogen and oxygen atoms in total. The standard InChI is InChI=1S/C65H83N2O5/c1-12-66(13-2)45-25-27-49-52(39-45)71-53-40-46(67(14-3)15-4)26-28-50(53)57(49)47-23-19-20-24-48(47)59(68)72-56-33-34-62(9)54(61(56,7)8)32-35-64(11)55(62)30-29-51-58-43(6)42(5)31-36-65(58,38-37-63(51,64)10)60(69)70-41-44-21-17-16-18-22-44/h16-29,39-40,42-43,54-56,58H,12-15,30-38,41H2,1-11H3/q+1/t42-,43+,54+,55-,56+,58+,62+,63-,64-,65+/m1/s1. The number of fused-ring (bicyclic) bond motifs is 9. The molecule has 0 saturated heterocycles. The minimum atomic E-state index is -0.474. The number of rotatable bonds is 11. The lowest BCUT2D eigenvalue weighted by molar-refractivity contribution is -0.208. The van der Waals surface area contributed by atoms with Crippen molar-refractivity contribution in [3.63, 3.8) is 0 Å². The summed E-state index contributed by atoms with van der Waals surface area (Å²) < 4.78 is 22.4. The molecule has 0 unspecified atom stereocenters. The highest BCUT2D eigenvalue weighted by Crippen LogP contribution is 2.76. The van der Waals surface area contributed by atoms with Gasteiger partial charge in [-0.3, -0.25) is 4.79 Å². The number of carbonyl (C=O) groups excluding carboxylic acids is 2. The van der Waals surface area contributed by atoms with Crippen molar-refractivity contribution in [2.24, 2.45) is 56.7 Å². The minimum absolute atomic E-state index is 0.0147. The molecule has 1 heterocycles. The molecule has 0 spiro atoms. The highest BCUT2D eigenvalue weighted by Gasteiger charge is 2.70. The van der Waals surface area contributed by atoms with Gasteiger partial charge in [-0.25, -0.2) is 9.37 Å². The van der Waals surface area contributed by atoms with E-state index in [4.69, 9.17) is 13.9 Å². The number of hydrogen-bond acceptors (Lipinski definition) is 6. The van der Waals surface area contributed by atoms with Crippen LogP contribution < -0.4 is 14.8 Å². The summed E-state index contributed by atoms with van der Waals surface area (Å²) in [6.45, 7) is 30.1. The molecular formula is C65H83N2O5+. The maximum atomic E-state index is 15.1. The average Bonchev–Trinajstić information content (AvgIpc) is 3.38. The van der Waals surface area contributed by atoms with E-state index in [0.29, 0.717) is 35.8 Å². The molecule has 3 aromatic carbocycles. The number of benzene rings is 4. The quantitative estimate of drug-likeness (QED) is 0.0568. The number of anilines is 1. The number of hydrogen-bond donors (Lipinski definition) is 0. The van der Waals surface area contributed by atoms with Gasteiger partial charge in [-0.05, 0) is 167 Å². The van der Waals surface area contributed by atoms with Crippen molar-refractivity contribution in [1.82, 2.24) is 4.58 Å². The van der Waals surface area contributed by atoms with Crippen LogP contribution in [0.1, 0.15) is 150 Å². The molecule has 1 aliphatic heterocycles. The molecule has 6 aliphatic carbocycles. The molecule has 4 saturated carbocycles. The van der Waals surface area contributed by atoms with Gasteiger partial charge in [0.15, 0.2) is 0 Å². The number of nitrogens with zero attached hydrogens (tertiary/aromatic N) is 2. The van der Waals surface area contributed by atoms with E-state index in [0.717, 1.165) is 134 Å². The Hall–Kier alpha value is -5.17. The maximum Gasteiger partial charge on any atom is 0.339 e. The fraction of sp³-hybridized carbons (Fsp3) is 0.554. The van der Waals surface area contributed by atoms with Crippen LogP contribution in [0, 0.1) is 56.7 Å². The van der Waals surface area contributed by atoms with Crippen molar-refractivity contribution in [3.8, 4) is 22.5 Å². The van der Waals surface area contributed by atoms with E-state index in [1.807, 2.05) is 36.4 Å². The third-order valence-corrected chi connectivity index (χ3v) is 21.2. The molecule has 10 rings (SSSR count). The van der Waals surface area contributed by atoms with Crippen LogP contribution in [0.15, 0.2) is 107 Å². The van der Waals surface area contributed by atoms with Crippen molar-refractivity contribution in [2.75, 3.05) is 31.1 Å². The zero-order valence-corrected chi connectivity index (χ0v) is 45.5. The van der Waals surface area contributed by atoms with Crippen molar-refractivity contribution in [3.05, 3.63) is 119 Å². The number of carbonyl (C=O) groups is 2. The fourth-order valence-corrected chi connectivity index (χ4v) is 16.7. The molecule has 4 fully saturated rings. The first-order valence-corrected chi connectivity index (χ1v) is 28.0. The molecule has 0 radical (unpaired) electrons. The summed E-state index contributed by atoms with van der Waals surface area (Å²) in [7, 11) is 0. The summed E-state index contributed by atoms with van der Waals surface area (Å²) in [5.74, 6) is 2.58. The molecule has 3 aromatic rings. The van der Waals surface area contributed by atoms with Crippen molar-refractivity contribution >= 4 is 28.6 Å². The Balaban J connectivity index is 0.953. The smallest absolute Gasteiger partial charge is 0.339 e. The first kappa shape index (κ1) is 50.4. The van der Waals surface area contributed by atoms with Crippen LogP contribution in [0.5, 0.6) is 0 Å². The van der Waals surface area contributed by atoms with E-state index < -0.39 is 5.41 Å². The Morgan fingerprint density at radius 1 is 0.750 bits per heavy atom. The van der Waals surface area contributed by atoms with Gasteiger partial charge in [0.25, 0.3) is 0 Å². The topological polar surface area (TPSA) is 72.0 Å². The van der Waals surface area contributed by atoms with Crippen LogP contribution in [0.4, 0.5) is 5.69 Å². The summed E-state index contributed by atoms with van der Waals surface area (Å²) in [6, 6.07) is 31.3. The van der Waals surface area contributed by atoms with Crippen LogP contribution in [-0.2, 0) is 20.9 Å². The van der Waals surface area contributed by atoms with Gasteiger partial charge in [0.2, 0.25) is 5.36 Å². The average molecular weight is 972 g/mol. The Labute approximate surface area is 430 Å². The van der Waals surface area contributed by atoms with E-state index in [-0.39, 0.29) is 45.6 Å². The van der Waals surface area contributed by atoms with Crippen LogP contribution in [-0.4, -0.2) is 44.2 Å². The molecular weight excluding hydrogens is 889 g/mol. The van der Waals surface area contributed by atoms with E-state index in [1.54, 1.807) is 5.57 Å². The Bertz CT molecular complexity index is 2920. The predicted molar refractivity (Wildman–Crippen MR) is 293 cm³/mol.